The quantitative estimate of drug-likeness (QED) is 0.827. The molecule has 2 heterocycles. The van der Waals surface area contributed by atoms with E-state index in [4.69, 9.17) is 9.47 Å². The maximum Gasteiger partial charge on any atom is 0.0813 e. The second-order valence-electron chi connectivity index (χ2n) is 5.15. The lowest BCUT2D eigenvalue weighted by molar-refractivity contribution is -0.0906. The average molecular weight is 250 g/mol. The number of halogens is 1. The number of hydrogen-bond donors (Lipinski definition) is 1. The molecule has 0 radical (unpaired) electrons. The minimum atomic E-state index is 0. The van der Waals surface area contributed by atoms with Gasteiger partial charge < -0.3 is 14.8 Å². The van der Waals surface area contributed by atoms with E-state index in [-0.39, 0.29) is 12.4 Å². The van der Waals surface area contributed by atoms with Crippen LogP contribution in [0.5, 0.6) is 0 Å². The fraction of sp³-hybridized carbons (Fsp3) is 1.00. The Morgan fingerprint density at radius 2 is 2.12 bits per heavy atom. The van der Waals surface area contributed by atoms with Crippen LogP contribution in [0.2, 0.25) is 0 Å². The summed E-state index contributed by atoms with van der Waals surface area (Å²) in [6.07, 6.45) is 4.36. The lowest BCUT2D eigenvalue weighted by atomic mass is 10.0. The lowest BCUT2D eigenvalue weighted by Crippen LogP contribution is -2.41. The van der Waals surface area contributed by atoms with Crippen molar-refractivity contribution in [2.75, 3.05) is 19.8 Å². The van der Waals surface area contributed by atoms with Gasteiger partial charge in [-0.15, -0.1) is 12.4 Å². The van der Waals surface area contributed by atoms with Crippen LogP contribution in [0.25, 0.3) is 0 Å². The minimum Gasteiger partial charge on any atom is -0.378 e. The maximum atomic E-state index is 6.00. The molecule has 2 fully saturated rings. The highest BCUT2D eigenvalue weighted by molar-refractivity contribution is 5.85. The van der Waals surface area contributed by atoms with Gasteiger partial charge in [-0.2, -0.15) is 0 Å². The van der Waals surface area contributed by atoms with E-state index in [9.17, 15) is 0 Å². The van der Waals surface area contributed by atoms with Crippen molar-refractivity contribution in [2.45, 2.75) is 51.4 Å². The van der Waals surface area contributed by atoms with E-state index >= 15 is 0 Å². The lowest BCUT2D eigenvalue weighted by Gasteiger charge is -2.32. The van der Waals surface area contributed by atoms with E-state index in [0.717, 1.165) is 26.2 Å². The molecule has 0 saturated carbocycles. The molecular formula is C12H24ClNO2. The SMILES string of the molecule is CC(C)COC[C@@H]1CC[C@H]2NCC[C@H]2O1.Cl. The smallest absolute Gasteiger partial charge is 0.0813 e. The summed E-state index contributed by atoms with van der Waals surface area (Å²) >= 11 is 0. The molecule has 96 valence electrons. The van der Waals surface area contributed by atoms with Gasteiger partial charge in [0.05, 0.1) is 18.8 Å². The van der Waals surface area contributed by atoms with E-state index in [2.05, 4.69) is 19.2 Å². The van der Waals surface area contributed by atoms with Crippen molar-refractivity contribution in [2.24, 2.45) is 5.92 Å². The molecule has 0 spiro atoms. The van der Waals surface area contributed by atoms with Crippen molar-refractivity contribution in [3.63, 3.8) is 0 Å². The molecule has 0 amide bonds. The van der Waals surface area contributed by atoms with Crippen LogP contribution in [0, 0.1) is 5.92 Å². The Morgan fingerprint density at radius 3 is 2.88 bits per heavy atom. The zero-order valence-electron chi connectivity index (χ0n) is 10.3. The van der Waals surface area contributed by atoms with Crippen LogP contribution in [0.15, 0.2) is 0 Å². The summed E-state index contributed by atoms with van der Waals surface area (Å²) in [6.45, 7) is 7.11. The summed E-state index contributed by atoms with van der Waals surface area (Å²) in [6, 6.07) is 0.617. The Bertz CT molecular complexity index is 201. The van der Waals surface area contributed by atoms with Crippen LogP contribution in [-0.2, 0) is 9.47 Å². The monoisotopic (exact) mass is 249 g/mol. The molecule has 2 rings (SSSR count). The third kappa shape index (κ3) is 3.88. The first-order valence-corrected chi connectivity index (χ1v) is 6.22. The molecule has 0 bridgehead atoms. The van der Waals surface area contributed by atoms with Crippen LogP contribution in [0.3, 0.4) is 0 Å². The van der Waals surface area contributed by atoms with Gasteiger partial charge in [-0.1, -0.05) is 13.8 Å². The van der Waals surface area contributed by atoms with Gasteiger partial charge >= 0.3 is 0 Å². The Labute approximate surface area is 105 Å². The molecule has 2 saturated heterocycles. The predicted molar refractivity (Wildman–Crippen MR) is 67.2 cm³/mol. The van der Waals surface area contributed by atoms with Crippen molar-refractivity contribution in [1.82, 2.24) is 5.32 Å². The van der Waals surface area contributed by atoms with Gasteiger partial charge in [-0.3, -0.25) is 0 Å². The third-order valence-corrected chi connectivity index (χ3v) is 3.21. The highest BCUT2D eigenvalue weighted by Crippen LogP contribution is 2.25. The van der Waals surface area contributed by atoms with Gasteiger partial charge in [-0.05, 0) is 31.7 Å². The summed E-state index contributed by atoms with van der Waals surface area (Å²) in [5.41, 5.74) is 0. The number of rotatable bonds is 4. The topological polar surface area (TPSA) is 30.5 Å². The van der Waals surface area contributed by atoms with Gasteiger partial charge in [0.2, 0.25) is 0 Å². The standard InChI is InChI=1S/C12H23NO2.ClH/c1-9(2)7-14-8-10-3-4-11-12(15-10)5-6-13-11;/h9-13H,3-8H2,1-2H3;1H/t10-,11+,12+;/m0./s1. The van der Waals surface area contributed by atoms with Gasteiger partial charge in [0.15, 0.2) is 0 Å². The second-order valence-corrected chi connectivity index (χ2v) is 5.15. The van der Waals surface area contributed by atoms with E-state index in [1.54, 1.807) is 0 Å². The zero-order chi connectivity index (χ0) is 10.7. The van der Waals surface area contributed by atoms with E-state index in [1.165, 1.54) is 12.8 Å². The molecule has 0 aromatic rings. The minimum absolute atomic E-state index is 0. The first-order valence-electron chi connectivity index (χ1n) is 6.22. The highest BCUT2D eigenvalue weighted by atomic mass is 35.5. The van der Waals surface area contributed by atoms with E-state index in [1.807, 2.05) is 0 Å². The normalized spacial score (nSPS) is 33.6. The maximum absolute atomic E-state index is 6.00. The number of ether oxygens (including phenoxy) is 2. The van der Waals surface area contributed by atoms with Crippen LogP contribution < -0.4 is 5.32 Å². The van der Waals surface area contributed by atoms with Crippen molar-refractivity contribution >= 4 is 12.4 Å². The average Bonchev–Trinajstić information content (AvgIpc) is 2.64. The fourth-order valence-electron chi connectivity index (χ4n) is 2.43. The molecule has 1 N–H and O–H groups in total. The van der Waals surface area contributed by atoms with Crippen LogP contribution >= 0.6 is 12.4 Å². The Balaban J connectivity index is 0.00000128. The summed E-state index contributed by atoms with van der Waals surface area (Å²) in [5, 5.41) is 3.49. The molecule has 3 atom stereocenters. The van der Waals surface area contributed by atoms with E-state index in [0.29, 0.717) is 24.2 Å². The van der Waals surface area contributed by atoms with Crippen LogP contribution in [0.4, 0.5) is 0 Å². The first-order chi connectivity index (χ1) is 7.25. The molecule has 3 nitrogen and oxygen atoms in total. The Hall–Kier alpha value is 0.170. The zero-order valence-corrected chi connectivity index (χ0v) is 11.1. The van der Waals surface area contributed by atoms with Crippen LogP contribution in [-0.4, -0.2) is 38.0 Å². The highest BCUT2D eigenvalue weighted by Gasteiger charge is 2.34. The molecular weight excluding hydrogens is 226 g/mol. The molecule has 0 aromatic heterocycles. The molecule has 2 aliphatic rings. The Kier molecular flexibility index (Phi) is 6.05. The molecule has 0 unspecified atom stereocenters. The number of nitrogens with one attached hydrogen (secondary N) is 1. The van der Waals surface area contributed by atoms with Crippen molar-refractivity contribution < 1.29 is 9.47 Å². The molecule has 0 aromatic carbocycles. The first kappa shape index (κ1) is 14.2. The predicted octanol–water partition coefficient (Wildman–Crippen LogP) is 1.99. The largest absolute Gasteiger partial charge is 0.378 e. The van der Waals surface area contributed by atoms with Crippen LogP contribution in [0.1, 0.15) is 33.1 Å². The summed E-state index contributed by atoms with van der Waals surface area (Å²) in [5.74, 6) is 0.620. The van der Waals surface area contributed by atoms with Crippen molar-refractivity contribution in [3.8, 4) is 0 Å². The molecule has 4 heteroatoms. The van der Waals surface area contributed by atoms with Crippen molar-refractivity contribution in [1.29, 1.82) is 0 Å². The van der Waals surface area contributed by atoms with Gasteiger partial charge in [0, 0.05) is 12.6 Å². The van der Waals surface area contributed by atoms with E-state index < -0.39 is 0 Å². The van der Waals surface area contributed by atoms with Gasteiger partial charge in [0.25, 0.3) is 0 Å². The Morgan fingerprint density at radius 1 is 1.31 bits per heavy atom. The third-order valence-electron chi connectivity index (χ3n) is 3.21. The van der Waals surface area contributed by atoms with Gasteiger partial charge in [0.1, 0.15) is 0 Å². The van der Waals surface area contributed by atoms with Gasteiger partial charge in [-0.25, -0.2) is 0 Å². The summed E-state index contributed by atoms with van der Waals surface area (Å²) in [7, 11) is 0. The fourth-order valence-corrected chi connectivity index (χ4v) is 2.43. The second kappa shape index (κ2) is 6.80. The number of hydrogen-bond acceptors (Lipinski definition) is 3. The molecule has 16 heavy (non-hydrogen) atoms. The molecule has 0 aliphatic carbocycles. The van der Waals surface area contributed by atoms with Crippen molar-refractivity contribution in [3.05, 3.63) is 0 Å². The summed E-state index contributed by atoms with van der Waals surface area (Å²) in [4.78, 5) is 0. The summed E-state index contributed by atoms with van der Waals surface area (Å²) < 4.78 is 11.6. The number of fused-ring (bicyclic) bond motifs is 1. The molecule has 2 aliphatic heterocycles.